The highest BCUT2D eigenvalue weighted by molar-refractivity contribution is 5.75. The van der Waals surface area contributed by atoms with Gasteiger partial charge in [0.25, 0.3) is 0 Å². The Kier molecular flexibility index (Phi) is 2.14. The Morgan fingerprint density at radius 1 is 1.36 bits per heavy atom. The monoisotopic (exact) mass is 190 g/mol. The van der Waals surface area contributed by atoms with Crippen LogP contribution < -0.4 is 4.74 Å². The molecule has 0 atom stereocenters. The highest BCUT2D eigenvalue weighted by Gasteiger charge is 1.99. The molecule has 7 nitrogen and oxygen atoms in total. The molecule has 0 spiro atoms. The Morgan fingerprint density at radius 3 is 3.07 bits per heavy atom. The van der Waals surface area contributed by atoms with E-state index in [0.717, 1.165) is 11.9 Å². The maximum Gasteiger partial charge on any atom is 0.203 e. The summed E-state index contributed by atoms with van der Waals surface area (Å²) < 4.78 is 5.04. The first-order chi connectivity index (χ1) is 6.90. The van der Waals surface area contributed by atoms with Crippen LogP contribution in [0.25, 0.3) is 11.0 Å². The smallest absolute Gasteiger partial charge is 0.203 e. The second-order valence-corrected chi connectivity index (χ2v) is 2.41. The Labute approximate surface area is 78.3 Å². The minimum absolute atomic E-state index is 0.568. The van der Waals surface area contributed by atoms with Crippen molar-refractivity contribution in [3.63, 3.8) is 0 Å². The third kappa shape index (κ3) is 1.56. The molecule has 1 heterocycles. The van der Waals surface area contributed by atoms with Crippen LogP contribution in [0.2, 0.25) is 0 Å². The van der Waals surface area contributed by atoms with Crippen LogP contribution in [0.4, 0.5) is 0 Å². The topological polar surface area (TPSA) is 99.4 Å². The molecule has 2 aromatic rings. The van der Waals surface area contributed by atoms with Gasteiger partial charge < -0.3 is 4.74 Å². The van der Waals surface area contributed by atoms with Gasteiger partial charge in [0.15, 0.2) is 0 Å². The van der Waals surface area contributed by atoms with Crippen molar-refractivity contribution < 1.29 is 4.74 Å². The SMILES string of the molecule is N=NN=COc1ccc2n[nH]nc2c1. The van der Waals surface area contributed by atoms with Crippen LogP contribution in [-0.4, -0.2) is 21.8 Å². The summed E-state index contributed by atoms with van der Waals surface area (Å²) >= 11 is 0. The number of fused-ring (bicyclic) bond motifs is 1. The average Bonchev–Trinajstić information content (AvgIpc) is 2.65. The Hall–Kier alpha value is -2.31. The van der Waals surface area contributed by atoms with E-state index in [9.17, 15) is 0 Å². The van der Waals surface area contributed by atoms with Crippen LogP contribution >= 0.6 is 0 Å². The van der Waals surface area contributed by atoms with Crippen LogP contribution in [0.5, 0.6) is 5.75 Å². The zero-order chi connectivity index (χ0) is 9.80. The Bertz CT molecular complexity index is 476. The lowest BCUT2D eigenvalue weighted by molar-refractivity contribution is 0.570. The minimum atomic E-state index is 0.568. The molecule has 2 rings (SSSR count). The van der Waals surface area contributed by atoms with E-state index in [0.29, 0.717) is 11.3 Å². The molecule has 0 unspecified atom stereocenters. The molecule has 0 saturated carbocycles. The first-order valence-electron chi connectivity index (χ1n) is 3.75. The number of aromatic nitrogens is 3. The molecular formula is C7H6N6O. The van der Waals surface area contributed by atoms with E-state index in [4.69, 9.17) is 10.3 Å². The number of rotatable bonds is 3. The Balaban J connectivity index is 2.25. The summed E-state index contributed by atoms with van der Waals surface area (Å²) in [6, 6.07) is 5.19. The molecule has 14 heavy (non-hydrogen) atoms. The van der Waals surface area contributed by atoms with Gasteiger partial charge >= 0.3 is 0 Å². The van der Waals surface area contributed by atoms with Crippen molar-refractivity contribution in [3.8, 4) is 5.75 Å². The van der Waals surface area contributed by atoms with E-state index in [2.05, 4.69) is 25.7 Å². The number of hydrogen-bond donors (Lipinski definition) is 2. The van der Waals surface area contributed by atoms with Crippen molar-refractivity contribution >= 4 is 17.4 Å². The second-order valence-electron chi connectivity index (χ2n) is 2.41. The molecule has 0 aliphatic carbocycles. The van der Waals surface area contributed by atoms with Crippen LogP contribution in [0.15, 0.2) is 28.5 Å². The maximum atomic E-state index is 6.39. The van der Waals surface area contributed by atoms with Gasteiger partial charge in [0.2, 0.25) is 6.40 Å². The fourth-order valence-corrected chi connectivity index (χ4v) is 1.00. The van der Waals surface area contributed by atoms with Crippen molar-refractivity contribution in [3.05, 3.63) is 18.2 Å². The molecule has 1 aromatic carbocycles. The zero-order valence-corrected chi connectivity index (χ0v) is 7.01. The van der Waals surface area contributed by atoms with Crippen molar-refractivity contribution in [2.45, 2.75) is 0 Å². The molecule has 0 saturated heterocycles. The van der Waals surface area contributed by atoms with Crippen molar-refractivity contribution in [2.24, 2.45) is 10.3 Å². The lowest BCUT2D eigenvalue weighted by atomic mass is 10.3. The summed E-state index contributed by atoms with van der Waals surface area (Å²) in [5.74, 6) is 0.568. The number of benzene rings is 1. The molecule has 0 amide bonds. The predicted molar refractivity (Wildman–Crippen MR) is 48.2 cm³/mol. The first kappa shape index (κ1) is 8.30. The van der Waals surface area contributed by atoms with Crippen LogP contribution in [0, 0.1) is 5.53 Å². The average molecular weight is 190 g/mol. The van der Waals surface area contributed by atoms with Crippen molar-refractivity contribution in [2.75, 3.05) is 0 Å². The number of H-pyrrole nitrogens is 1. The fourth-order valence-electron chi connectivity index (χ4n) is 1.00. The number of aromatic amines is 1. The van der Waals surface area contributed by atoms with E-state index >= 15 is 0 Å². The number of nitrogens with one attached hydrogen (secondary N) is 2. The van der Waals surface area contributed by atoms with E-state index < -0.39 is 0 Å². The van der Waals surface area contributed by atoms with Gasteiger partial charge in [-0.25, -0.2) is 0 Å². The summed E-state index contributed by atoms with van der Waals surface area (Å²) in [6.45, 7) is 0. The highest BCUT2D eigenvalue weighted by Crippen LogP contribution is 2.16. The number of hydrogen-bond acceptors (Lipinski definition) is 5. The van der Waals surface area contributed by atoms with Crippen LogP contribution in [0.1, 0.15) is 0 Å². The molecule has 2 N–H and O–H groups in total. The van der Waals surface area contributed by atoms with E-state index in [1.807, 2.05) is 0 Å². The highest BCUT2D eigenvalue weighted by atomic mass is 16.5. The summed E-state index contributed by atoms with van der Waals surface area (Å²) in [7, 11) is 0. The predicted octanol–water partition coefficient (Wildman–Crippen LogP) is 1.31. The molecular weight excluding hydrogens is 184 g/mol. The lowest BCUT2D eigenvalue weighted by Crippen LogP contribution is -1.88. The van der Waals surface area contributed by atoms with Crippen LogP contribution in [-0.2, 0) is 0 Å². The fraction of sp³-hybridized carbons (Fsp3) is 0. The third-order valence-corrected chi connectivity index (χ3v) is 1.58. The summed E-state index contributed by atoms with van der Waals surface area (Å²) in [5, 5.41) is 16.3. The van der Waals surface area contributed by atoms with Gasteiger partial charge in [-0.3, -0.25) is 0 Å². The van der Waals surface area contributed by atoms with Crippen LogP contribution in [0.3, 0.4) is 0 Å². The standard InChI is InChI=1S/C7H6N6O/c8-12-9-4-14-5-1-2-6-7(3-5)11-13-10-6/h1-4,8H,(H,10,11,13). The molecule has 7 heteroatoms. The van der Waals surface area contributed by atoms with E-state index in [1.54, 1.807) is 18.2 Å². The zero-order valence-electron chi connectivity index (χ0n) is 7.01. The van der Waals surface area contributed by atoms with Gasteiger partial charge in [-0.1, -0.05) is 0 Å². The van der Waals surface area contributed by atoms with Gasteiger partial charge in [0, 0.05) is 6.07 Å². The molecule has 0 radical (unpaired) electrons. The number of ether oxygens (including phenoxy) is 1. The summed E-state index contributed by atoms with van der Waals surface area (Å²) in [6.07, 6.45) is 1.08. The molecule has 0 bridgehead atoms. The van der Waals surface area contributed by atoms with E-state index in [-0.39, 0.29) is 0 Å². The Morgan fingerprint density at radius 2 is 2.21 bits per heavy atom. The van der Waals surface area contributed by atoms with Crippen molar-refractivity contribution in [1.82, 2.24) is 15.4 Å². The normalized spacial score (nSPS) is 10.9. The second kappa shape index (κ2) is 3.60. The molecule has 0 aliphatic heterocycles. The third-order valence-electron chi connectivity index (χ3n) is 1.58. The largest absolute Gasteiger partial charge is 0.444 e. The summed E-state index contributed by atoms with van der Waals surface area (Å²) in [4.78, 5) is 0. The minimum Gasteiger partial charge on any atom is -0.444 e. The van der Waals surface area contributed by atoms with Gasteiger partial charge in [0.05, 0.1) is 0 Å². The summed E-state index contributed by atoms with van der Waals surface area (Å²) in [5.41, 5.74) is 7.87. The van der Waals surface area contributed by atoms with Gasteiger partial charge in [-0.2, -0.15) is 20.9 Å². The van der Waals surface area contributed by atoms with Crippen molar-refractivity contribution in [1.29, 1.82) is 5.53 Å². The molecule has 0 fully saturated rings. The van der Waals surface area contributed by atoms with Gasteiger partial charge in [-0.05, 0) is 17.4 Å². The van der Waals surface area contributed by atoms with E-state index in [1.165, 1.54) is 0 Å². The van der Waals surface area contributed by atoms with Gasteiger partial charge in [0.1, 0.15) is 16.8 Å². The lowest BCUT2D eigenvalue weighted by Gasteiger charge is -1.95. The number of nitrogens with zero attached hydrogens (tertiary/aromatic N) is 4. The van der Waals surface area contributed by atoms with Gasteiger partial charge in [-0.15, -0.1) is 5.10 Å². The quantitative estimate of drug-likeness (QED) is 0.330. The first-order valence-corrected chi connectivity index (χ1v) is 3.75. The maximum absolute atomic E-state index is 6.39. The molecule has 1 aromatic heterocycles. The molecule has 70 valence electrons. The molecule has 0 aliphatic rings.